The van der Waals surface area contributed by atoms with Crippen LogP contribution in [0.15, 0.2) is 12.7 Å². The van der Waals surface area contributed by atoms with Crippen LogP contribution in [0.25, 0.3) is 0 Å². The molecule has 0 aromatic rings. The molecule has 0 aromatic heterocycles. The van der Waals surface area contributed by atoms with Gasteiger partial charge in [-0.2, -0.15) is 0 Å². The third-order valence-electron chi connectivity index (χ3n) is 2.21. The maximum Gasteiger partial charge on any atom is 0.599 e. The summed E-state index contributed by atoms with van der Waals surface area (Å²) in [5.41, 5.74) is 0. The van der Waals surface area contributed by atoms with E-state index in [1.807, 2.05) is 26.8 Å². The van der Waals surface area contributed by atoms with Crippen molar-refractivity contribution in [2.24, 2.45) is 0 Å². The largest absolute Gasteiger partial charge is 0.599 e. The fraction of sp³-hybridized carbons (Fsp3) is 0.833. The van der Waals surface area contributed by atoms with Crippen molar-refractivity contribution in [1.29, 1.82) is 0 Å². The van der Waals surface area contributed by atoms with Crippen molar-refractivity contribution in [1.82, 2.24) is 4.57 Å². The molecule has 0 radical (unpaired) electrons. The topological polar surface area (TPSA) is 30.9 Å². The summed E-state index contributed by atoms with van der Waals surface area (Å²) < 4.78 is 19.7. The van der Waals surface area contributed by atoms with Crippen LogP contribution in [-0.4, -0.2) is 46.4 Å². The van der Waals surface area contributed by atoms with Crippen molar-refractivity contribution in [3.05, 3.63) is 12.7 Å². The van der Waals surface area contributed by atoms with Gasteiger partial charge in [-0.3, -0.25) is 4.57 Å². The van der Waals surface area contributed by atoms with Crippen molar-refractivity contribution in [3.63, 3.8) is 0 Å². The molecule has 102 valence electrons. The molecule has 0 aliphatic carbocycles. The average Bonchev–Trinajstić information content (AvgIpc) is 2.29. The molecule has 17 heavy (non-hydrogen) atoms. The van der Waals surface area contributed by atoms with Crippen molar-refractivity contribution in [3.8, 4) is 0 Å². The lowest BCUT2D eigenvalue weighted by atomic mass is 10.5. The van der Waals surface area contributed by atoms with Gasteiger partial charge in [0.1, 0.15) is 0 Å². The van der Waals surface area contributed by atoms with E-state index < -0.39 is 8.97 Å². The summed E-state index contributed by atoms with van der Waals surface area (Å²) in [5.74, 6) is 0. The quantitative estimate of drug-likeness (QED) is 0.422. The third-order valence-corrected chi connectivity index (χ3v) is 5.35. The van der Waals surface area contributed by atoms with Gasteiger partial charge in [0, 0.05) is 26.4 Å². The number of rotatable bonds is 11. The normalized spacial score (nSPS) is 12.1. The van der Waals surface area contributed by atoms with Crippen LogP contribution >= 0.6 is 0 Å². The summed E-state index contributed by atoms with van der Waals surface area (Å²) in [6.07, 6.45) is 2.91. The molecule has 0 rings (SSSR count). The van der Waals surface area contributed by atoms with Crippen LogP contribution in [-0.2, 0) is 13.3 Å². The molecule has 0 bridgehead atoms. The molecule has 0 aliphatic rings. The van der Waals surface area contributed by atoms with Gasteiger partial charge in [-0.25, -0.2) is 0 Å². The molecule has 5 heteroatoms. The highest BCUT2D eigenvalue weighted by Gasteiger charge is 2.47. The summed E-state index contributed by atoms with van der Waals surface area (Å²) >= 11 is 0. The van der Waals surface area contributed by atoms with Gasteiger partial charge < -0.3 is 13.3 Å². The highest BCUT2D eigenvalue weighted by Crippen LogP contribution is 2.16. The van der Waals surface area contributed by atoms with Crippen LogP contribution in [0, 0.1) is 0 Å². The van der Waals surface area contributed by atoms with E-state index in [0.29, 0.717) is 19.8 Å². The Morgan fingerprint density at radius 2 is 1.47 bits per heavy atom. The highest BCUT2D eigenvalue weighted by molar-refractivity contribution is 6.57. The molecule has 0 aliphatic heterocycles. The predicted octanol–water partition coefficient (Wildman–Crippen LogP) is 2.43. The monoisotopic (exact) mass is 261 g/mol. The standard InChI is InChI=1S/C12H27NO3Si/c1-6-11-13(12-7-2)17(14-8-3,15-9-4)16-10-5/h6H,1,7-12H2,2-5H3. The van der Waals surface area contributed by atoms with Crippen molar-refractivity contribution in [2.75, 3.05) is 32.9 Å². The minimum absolute atomic E-state index is 0.601. The number of hydrogen-bond donors (Lipinski definition) is 0. The summed E-state index contributed by atoms with van der Waals surface area (Å²) in [7, 11) is -2.70. The Kier molecular flexibility index (Phi) is 9.67. The van der Waals surface area contributed by atoms with Crippen LogP contribution in [0.5, 0.6) is 0 Å². The van der Waals surface area contributed by atoms with Gasteiger partial charge in [0.05, 0.1) is 0 Å². The first kappa shape index (κ1) is 16.8. The molecular weight excluding hydrogens is 234 g/mol. The van der Waals surface area contributed by atoms with E-state index in [-0.39, 0.29) is 0 Å². The maximum absolute atomic E-state index is 5.85. The molecule has 0 spiro atoms. The van der Waals surface area contributed by atoms with Gasteiger partial charge in [-0.15, -0.1) is 6.58 Å². The van der Waals surface area contributed by atoms with Crippen LogP contribution in [0.3, 0.4) is 0 Å². The first-order valence-corrected chi connectivity index (χ1v) is 8.15. The van der Waals surface area contributed by atoms with E-state index in [4.69, 9.17) is 13.3 Å². The van der Waals surface area contributed by atoms with Crippen LogP contribution in [0.1, 0.15) is 34.1 Å². The SMILES string of the molecule is C=CCN(CCC)[Si](OCC)(OCC)OCC. The zero-order chi connectivity index (χ0) is 13.1. The Morgan fingerprint density at radius 1 is 1.00 bits per heavy atom. The van der Waals surface area contributed by atoms with E-state index in [1.165, 1.54) is 0 Å². The minimum Gasteiger partial charge on any atom is -0.361 e. The fourth-order valence-electron chi connectivity index (χ4n) is 1.71. The van der Waals surface area contributed by atoms with E-state index in [0.717, 1.165) is 19.5 Å². The molecule has 0 saturated heterocycles. The van der Waals surface area contributed by atoms with Crippen LogP contribution in [0.4, 0.5) is 0 Å². The average molecular weight is 261 g/mol. The molecule has 0 saturated carbocycles. The zero-order valence-corrected chi connectivity index (χ0v) is 12.7. The second-order valence-electron chi connectivity index (χ2n) is 3.56. The zero-order valence-electron chi connectivity index (χ0n) is 11.7. The van der Waals surface area contributed by atoms with E-state index in [9.17, 15) is 0 Å². The van der Waals surface area contributed by atoms with E-state index >= 15 is 0 Å². The Balaban J connectivity index is 4.93. The fourth-order valence-corrected chi connectivity index (χ4v) is 4.45. The molecule has 0 heterocycles. The second-order valence-corrected chi connectivity index (χ2v) is 6.10. The molecule has 0 unspecified atom stereocenters. The Morgan fingerprint density at radius 3 is 1.76 bits per heavy atom. The second kappa shape index (κ2) is 9.79. The molecule has 4 nitrogen and oxygen atoms in total. The van der Waals surface area contributed by atoms with Crippen LogP contribution in [0.2, 0.25) is 0 Å². The lowest BCUT2D eigenvalue weighted by Crippen LogP contribution is -2.61. The maximum atomic E-state index is 5.85. The Bertz CT molecular complexity index is 185. The van der Waals surface area contributed by atoms with Crippen molar-refractivity contribution in [2.45, 2.75) is 34.1 Å². The van der Waals surface area contributed by atoms with Gasteiger partial charge >= 0.3 is 8.97 Å². The number of hydrogen-bond acceptors (Lipinski definition) is 4. The summed E-state index contributed by atoms with van der Waals surface area (Å²) in [5, 5.41) is 0. The Hall–Kier alpha value is -0.203. The lowest BCUT2D eigenvalue weighted by molar-refractivity contribution is 0.0197. The van der Waals surface area contributed by atoms with Gasteiger partial charge in [0.2, 0.25) is 0 Å². The van der Waals surface area contributed by atoms with E-state index in [2.05, 4.69) is 18.1 Å². The van der Waals surface area contributed by atoms with Crippen LogP contribution < -0.4 is 0 Å². The minimum atomic E-state index is -2.70. The van der Waals surface area contributed by atoms with Gasteiger partial charge in [0.15, 0.2) is 0 Å². The van der Waals surface area contributed by atoms with Gasteiger partial charge in [-0.1, -0.05) is 13.0 Å². The number of nitrogens with zero attached hydrogens (tertiary/aromatic N) is 1. The smallest absolute Gasteiger partial charge is 0.361 e. The van der Waals surface area contributed by atoms with E-state index in [1.54, 1.807) is 0 Å². The summed E-state index contributed by atoms with van der Waals surface area (Å²) in [6.45, 7) is 15.3. The highest BCUT2D eigenvalue weighted by atomic mass is 28.4. The molecule has 0 fully saturated rings. The molecule has 0 amide bonds. The predicted molar refractivity (Wildman–Crippen MR) is 72.7 cm³/mol. The van der Waals surface area contributed by atoms with Crippen molar-refractivity contribution >= 4 is 8.97 Å². The molecular formula is C12H27NO3Si. The van der Waals surface area contributed by atoms with Gasteiger partial charge in [0.25, 0.3) is 0 Å². The Labute approximate surface area is 107 Å². The molecule has 0 aromatic carbocycles. The first-order valence-electron chi connectivity index (χ1n) is 6.48. The van der Waals surface area contributed by atoms with Crippen molar-refractivity contribution < 1.29 is 13.3 Å². The van der Waals surface area contributed by atoms with Gasteiger partial charge in [-0.05, 0) is 33.7 Å². The molecule has 0 N–H and O–H groups in total. The third kappa shape index (κ3) is 5.31. The lowest BCUT2D eigenvalue weighted by Gasteiger charge is -2.36. The summed E-state index contributed by atoms with van der Waals surface area (Å²) in [6, 6.07) is 0. The summed E-state index contributed by atoms with van der Waals surface area (Å²) in [4.78, 5) is 0. The molecule has 0 atom stereocenters. The first-order chi connectivity index (χ1) is 8.20.